The van der Waals surface area contributed by atoms with Gasteiger partial charge in [-0.15, -0.1) is 0 Å². The van der Waals surface area contributed by atoms with Crippen molar-refractivity contribution in [1.82, 2.24) is 14.9 Å². The third kappa shape index (κ3) is 3.53. The van der Waals surface area contributed by atoms with Crippen molar-refractivity contribution < 1.29 is 9.47 Å². The van der Waals surface area contributed by atoms with Crippen LogP contribution in [-0.4, -0.2) is 43.1 Å². The van der Waals surface area contributed by atoms with E-state index in [0.29, 0.717) is 19.8 Å². The number of hydrogen-bond donors (Lipinski definition) is 1. The van der Waals surface area contributed by atoms with Crippen molar-refractivity contribution in [3.05, 3.63) is 36.2 Å². The van der Waals surface area contributed by atoms with Crippen molar-refractivity contribution in [3.63, 3.8) is 0 Å². The lowest BCUT2D eigenvalue weighted by atomic mass is 10.2. The molecule has 0 fully saturated rings. The highest BCUT2D eigenvalue weighted by atomic mass is 16.5. The second-order valence-electron chi connectivity index (χ2n) is 3.98. The number of nitrogens with zero attached hydrogens (tertiary/aromatic N) is 2. The van der Waals surface area contributed by atoms with E-state index in [1.165, 1.54) is 5.56 Å². The summed E-state index contributed by atoms with van der Waals surface area (Å²) in [6, 6.07) is 6.06. The molecule has 1 N–H and O–H groups in total. The van der Waals surface area contributed by atoms with E-state index < -0.39 is 0 Å². The van der Waals surface area contributed by atoms with Crippen molar-refractivity contribution >= 4 is 5.52 Å². The molecule has 0 bridgehead atoms. The first kappa shape index (κ1) is 13.0. The summed E-state index contributed by atoms with van der Waals surface area (Å²) in [4.78, 5) is 0. The van der Waals surface area contributed by atoms with Gasteiger partial charge in [-0.1, -0.05) is 6.07 Å². The van der Waals surface area contributed by atoms with Crippen LogP contribution in [0.2, 0.25) is 0 Å². The Balaban J connectivity index is 1.70. The van der Waals surface area contributed by atoms with Crippen LogP contribution in [0.4, 0.5) is 0 Å². The van der Waals surface area contributed by atoms with Crippen molar-refractivity contribution in [2.45, 2.75) is 6.54 Å². The predicted octanol–water partition coefficient (Wildman–Crippen LogP) is 1.09. The van der Waals surface area contributed by atoms with Gasteiger partial charge in [-0.05, 0) is 12.1 Å². The molecule has 0 saturated carbocycles. The van der Waals surface area contributed by atoms with Crippen LogP contribution in [0.3, 0.4) is 0 Å². The highest BCUT2D eigenvalue weighted by Crippen LogP contribution is 2.08. The SMILES string of the molecule is COCCOCCNCc1cnn2ccccc12. The van der Waals surface area contributed by atoms with Gasteiger partial charge in [-0.2, -0.15) is 5.10 Å². The summed E-state index contributed by atoms with van der Waals surface area (Å²) in [7, 11) is 1.67. The number of hydrogen-bond acceptors (Lipinski definition) is 4. The Morgan fingerprint density at radius 1 is 1.28 bits per heavy atom. The molecular formula is C13H19N3O2. The molecule has 0 aromatic carbocycles. The number of fused-ring (bicyclic) bond motifs is 1. The van der Waals surface area contributed by atoms with E-state index in [1.54, 1.807) is 7.11 Å². The Hall–Kier alpha value is -1.43. The van der Waals surface area contributed by atoms with Crippen molar-refractivity contribution in [1.29, 1.82) is 0 Å². The second kappa shape index (κ2) is 7.10. The molecule has 0 atom stereocenters. The molecule has 5 heteroatoms. The van der Waals surface area contributed by atoms with Gasteiger partial charge in [-0.25, -0.2) is 4.52 Å². The summed E-state index contributed by atoms with van der Waals surface area (Å²) < 4.78 is 12.2. The topological polar surface area (TPSA) is 47.8 Å². The van der Waals surface area contributed by atoms with Gasteiger partial charge in [0.15, 0.2) is 0 Å². The number of methoxy groups -OCH3 is 1. The molecule has 0 aliphatic carbocycles. The lowest BCUT2D eigenvalue weighted by Crippen LogP contribution is -2.20. The smallest absolute Gasteiger partial charge is 0.0706 e. The Morgan fingerprint density at radius 2 is 2.22 bits per heavy atom. The Bertz CT molecular complexity index is 470. The van der Waals surface area contributed by atoms with Gasteiger partial charge in [0.05, 0.1) is 31.5 Å². The quantitative estimate of drug-likeness (QED) is 0.711. The summed E-state index contributed by atoms with van der Waals surface area (Å²) >= 11 is 0. The summed E-state index contributed by atoms with van der Waals surface area (Å²) in [5.41, 5.74) is 2.35. The van der Waals surface area contributed by atoms with Gasteiger partial charge in [0.25, 0.3) is 0 Å². The molecule has 2 aromatic heterocycles. The minimum atomic E-state index is 0.647. The summed E-state index contributed by atoms with van der Waals surface area (Å²) in [5.74, 6) is 0. The van der Waals surface area contributed by atoms with E-state index >= 15 is 0 Å². The number of nitrogens with one attached hydrogen (secondary N) is 1. The predicted molar refractivity (Wildman–Crippen MR) is 69.6 cm³/mol. The summed E-state index contributed by atoms with van der Waals surface area (Å²) in [6.45, 7) is 3.63. The molecule has 0 radical (unpaired) electrons. The molecule has 5 nitrogen and oxygen atoms in total. The normalized spacial score (nSPS) is 11.2. The zero-order chi connectivity index (χ0) is 12.6. The van der Waals surface area contributed by atoms with Crippen molar-refractivity contribution in [2.75, 3.05) is 33.5 Å². The minimum absolute atomic E-state index is 0.647. The monoisotopic (exact) mass is 249 g/mol. The van der Waals surface area contributed by atoms with E-state index in [1.807, 2.05) is 29.0 Å². The third-order valence-electron chi connectivity index (χ3n) is 2.68. The number of pyridine rings is 1. The standard InChI is InChI=1S/C13H19N3O2/c1-17-8-9-18-7-5-14-10-12-11-15-16-6-3-2-4-13(12)16/h2-4,6,11,14H,5,7-10H2,1H3. The number of aromatic nitrogens is 2. The molecule has 2 aromatic rings. The maximum absolute atomic E-state index is 5.37. The molecule has 0 saturated heterocycles. The van der Waals surface area contributed by atoms with Gasteiger partial charge in [0.2, 0.25) is 0 Å². The molecule has 0 aliphatic heterocycles. The van der Waals surface area contributed by atoms with Crippen molar-refractivity contribution in [2.24, 2.45) is 0 Å². The average molecular weight is 249 g/mol. The lowest BCUT2D eigenvalue weighted by Gasteiger charge is -2.05. The van der Waals surface area contributed by atoms with Crippen LogP contribution in [0, 0.1) is 0 Å². The second-order valence-corrected chi connectivity index (χ2v) is 3.98. The zero-order valence-corrected chi connectivity index (χ0v) is 10.6. The maximum Gasteiger partial charge on any atom is 0.0706 e. The first-order valence-electron chi connectivity index (χ1n) is 6.10. The molecule has 0 aliphatic rings. The molecule has 2 heterocycles. The molecule has 0 spiro atoms. The molecular weight excluding hydrogens is 230 g/mol. The van der Waals surface area contributed by atoms with Crippen LogP contribution >= 0.6 is 0 Å². The molecule has 18 heavy (non-hydrogen) atoms. The van der Waals surface area contributed by atoms with Crippen LogP contribution in [0.25, 0.3) is 5.52 Å². The first-order chi connectivity index (χ1) is 8.92. The fraction of sp³-hybridized carbons (Fsp3) is 0.462. The van der Waals surface area contributed by atoms with E-state index in [0.717, 1.165) is 18.6 Å². The number of ether oxygens (including phenoxy) is 2. The highest BCUT2D eigenvalue weighted by Gasteiger charge is 2.01. The summed E-state index contributed by atoms with van der Waals surface area (Å²) in [6.07, 6.45) is 3.85. The lowest BCUT2D eigenvalue weighted by molar-refractivity contribution is 0.0719. The molecule has 98 valence electrons. The first-order valence-corrected chi connectivity index (χ1v) is 6.10. The maximum atomic E-state index is 5.37. The Labute approximate surface area is 107 Å². The van der Waals surface area contributed by atoms with E-state index in [-0.39, 0.29) is 0 Å². The molecule has 0 amide bonds. The van der Waals surface area contributed by atoms with Crippen LogP contribution in [0.1, 0.15) is 5.56 Å². The van der Waals surface area contributed by atoms with Gasteiger partial charge < -0.3 is 14.8 Å². The summed E-state index contributed by atoms with van der Waals surface area (Å²) in [5, 5.41) is 7.62. The van der Waals surface area contributed by atoms with Gasteiger partial charge in [0, 0.05) is 32.0 Å². The van der Waals surface area contributed by atoms with Crippen LogP contribution in [0.5, 0.6) is 0 Å². The Morgan fingerprint density at radius 3 is 3.11 bits per heavy atom. The van der Waals surface area contributed by atoms with Crippen LogP contribution in [0.15, 0.2) is 30.6 Å². The van der Waals surface area contributed by atoms with Crippen LogP contribution in [-0.2, 0) is 16.0 Å². The van der Waals surface area contributed by atoms with Crippen molar-refractivity contribution in [3.8, 4) is 0 Å². The number of rotatable bonds is 8. The largest absolute Gasteiger partial charge is 0.382 e. The van der Waals surface area contributed by atoms with E-state index in [9.17, 15) is 0 Å². The van der Waals surface area contributed by atoms with Gasteiger partial charge in [0.1, 0.15) is 0 Å². The fourth-order valence-corrected chi connectivity index (χ4v) is 1.74. The molecule has 2 rings (SSSR count). The van der Waals surface area contributed by atoms with E-state index in [2.05, 4.69) is 16.5 Å². The van der Waals surface area contributed by atoms with Gasteiger partial charge >= 0.3 is 0 Å². The van der Waals surface area contributed by atoms with Gasteiger partial charge in [-0.3, -0.25) is 0 Å². The fourth-order valence-electron chi connectivity index (χ4n) is 1.74. The van der Waals surface area contributed by atoms with Crippen LogP contribution < -0.4 is 5.32 Å². The third-order valence-corrected chi connectivity index (χ3v) is 2.68. The average Bonchev–Trinajstić information content (AvgIpc) is 2.81. The highest BCUT2D eigenvalue weighted by molar-refractivity contribution is 5.53. The Kier molecular flexibility index (Phi) is 5.14. The zero-order valence-electron chi connectivity index (χ0n) is 10.6. The van der Waals surface area contributed by atoms with E-state index in [4.69, 9.17) is 9.47 Å². The minimum Gasteiger partial charge on any atom is -0.382 e. The molecule has 0 unspecified atom stereocenters.